The minimum absolute atomic E-state index is 0.0148. The summed E-state index contributed by atoms with van der Waals surface area (Å²) in [5.41, 5.74) is 7.07. The molecule has 1 heterocycles. The number of nitrogens with two attached hydrogens (primary N) is 1. The molecule has 76 valence electrons. The van der Waals surface area contributed by atoms with E-state index in [-0.39, 0.29) is 6.04 Å². The third-order valence-electron chi connectivity index (χ3n) is 2.64. The van der Waals surface area contributed by atoms with E-state index in [2.05, 4.69) is 5.32 Å². The van der Waals surface area contributed by atoms with Crippen molar-refractivity contribution in [3.05, 3.63) is 33.8 Å². The lowest BCUT2D eigenvalue weighted by atomic mass is 9.89. The largest absolute Gasteiger partial charge is 0.324 e. The lowest BCUT2D eigenvalue weighted by molar-refractivity contribution is 0.295. The summed E-state index contributed by atoms with van der Waals surface area (Å²) in [4.78, 5) is 0. The number of hydrogen-bond acceptors (Lipinski definition) is 2. The maximum Gasteiger partial charge on any atom is 0.0468 e. The van der Waals surface area contributed by atoms with E-state index in [9.17, 15) is 0 Å². The molecule has 0 spiro atoms. The summed E-state index contributed by atoms with van der Waals surface area (Å²) >= 11 is 11.9. The minimum Gasteiger partial charge on any atom is -0.324 e. The molecular formula is C10H12Cl2N2. The van der Waals surface area contributed by atoms with Gasteiger partial charge in [0, 0.05) is 35.1 Å². The highest BCUT2D eigenvalue weighted by atomic mass is 35.5. The molecule has 1 fully saturated rings. The van der Waals surface area contributed by atoms with Crippen molar-refractivity contribution in [2.75, 3.05) is 13.1 Å². The number of hydrogen-bond donors (Lipinski definition) is 2. The number of nitrogens with one attached hydrogen (secondary N) is 1. The van der Waals surface area contributed by atoms with Crippen LogP contribution in [0, 0.1) is 5.92 Å². The topological polar surface area (TPSA) is 38.0 Å². The number of rotatable bonds is 2. The van der Waals surface area contributed by atoms with Gasteiger partial charge in [0.15, 0.2) is 0 Å². The standard InChI is InChI=1S/C10H12Cl2N2/c11-7-1-2-8(9(12)3-7)10(13)6-4-14-5-6/h1-3,6,10,14H,4-5,13H2. The smallest absolute Gasteiger partial charge is 0.0468 e. The summed E-state index contributed by atoms with van der Waals surface area (Å²) in [6.07, 6.45) is 0. The molecule has 0 saturated carbocycles. The zero-order chi connectivity index (χ0) is 10.1. The SMILES string of the molecule is NC(c1ccc(Cl)cc1Cl)C1CNC1. The van der Waals surface area contributed by atoms with Gasteiger partial charge in [-0.1, -0.05) is 29.3 Å². The summed E-state index contributed by atoms with van der Waals surface area (Å²) in [5, 5.41) is 4.51. The molecule has 0 bridgehead atoms. The Morgan fingerprint density at radius 1 is 1.36 bits per heavy atom. The first-order valence-corrected chi connectivity index (χ1v) is 5.35. The number of benzene rings is 1. The van der Waals surface area contributed by atoms with E-state index >= 15 is 0 Å². The second kappa shape index (κ2) is 4.07. The molecular weight excluding hydrogens is 219 g/mol. The van der Waals surface area contributed by atoms with Crippen molar-refractivity contribution in [2.45, 2.75) is 6.04 Å². The van der Waals surface area contributed by atoms with Crippen LogP contribution in [0.5, 0.6) is 0 Å². The Morgan fingerprint density at radius 2 is 2.07 bits per heavy atom. The molecule has 1 saturated heterocycles. The molecule has 14 heavy (non-hydrogen) atoms. The molecule has 3 N–H and O–H groups in total. The van der Waals surface area contributed by atoms with Crippen LogP contribution in [0.1, 0.15) is 11.6 Å². The fraction of sp³-hybridized carbons (Fsp3) is 0.400. The van der Waals surface area contributed by atoms with Crippen LogP contribution in [-0.2, 0) is 0 Å². The predicted octanol–water partition coefficient (Wildman–Crippen LogP) is 2.21. The maximum absolute atomic E-state index is 6.08. The zero-order valence-corrected chi connectivity index (χ0v) is 9.15. The molecule has 0 amide bonds. The summed E-state index contributed by atoms with van der Waals surface area (Å²) in [7, 11) is 0. The molecule has 1 aliphatic heterocycles. The van der Waals surface area contributed by atoms with Gasteiger partial charge in [0.25, 0.3) is 0 Å². The predicted molar refractivity (Wildman–Crippen MR) is 59.8 cm³/mol. The van der Waals surface area contributed by atoms with E-state index < -0.39 is 0 Å². The van der Waals surface area contributed by atoms with Gasteiger partial charge in [-0.15, -0.1) is 0 Å². The first kappa shape index (κ1) is 10.2. The van der Waals surface area contributed by atoms with Gasteiger partial charge in [0.1, 0.15) is 0 Å². The van der Waals surface area contributed by atoms with E-state index in [1.165, 1.54) is 0 Å². The van der Waals surface area contributed by atoms with Crippen LogP contribution in [0.15, 0.2) is 18.2 Å². The molecule has 0 radical (unpaired) electrons. The van der Waals surface area contributed by atoms with E-state index in [1.54, 1.807) is 6.07 Å². The summed E-state index contributed by atoms with van der Waals surface area (Å²) < 4.78 is 0. The Bertz CT molecular complexity index is 337. The third kappa shape index (κ3) is 1.89. The van der Waals surface area contributed by atoms with Gasteiger partial charge in [0.2, 0.25) is 0 Å². The summed E-state index contributed by atoms with van der Waals surface area (Å²) in [6, 6.07) is 5.49. The number of halogens is 2. The van der Waals surface area contributed by atoms with Crippen molar-refractivity contribution in [1.29, 1.82) is 0 Å². The van der Waals surface area contributed by atoms with Crippen molar-refractivity contribution in [2.24, 2.45) is 11.7 Å². The van der Waals surface area contributed by atoms with Gasteiger partial charge in [-0.25, -0.2) is 0 Å². The van der Waals surface area contributed by atoms with E-state index in [1.807, 2.05) is 12.1 Å². The Hall–Kier alpha value is -0.280. The zero-order valence-electron chi connectivity index (χ0n) is 7.63. The average Bonchev–Trinajstić information content (AvgIpc) is 2.00. The summed E-state index contributed by atoms with van der Waals surface area (Å²) in [6.45, 7) is 1.94. The first-order valence-electron chi connectivity index (χ1n) is 4.59. The van der Waals surface area contributed by atoms with Gasteiger partial charge >= 0.3 is 0 Å². The second-order valence-corrected chi connectivity index (χ2v) is 4.45. The molecule has 2 rings (SSSR count). The lowest BCUT2D eigenvalue weighted by Crippen LogP contribution is -2.47. The van der Waals surface area contributed by atoms with Crippen LogP contribution in [0.3, 0.4) is 0 Å². The third-order valence-corrected chi connectivity index (χ3v) is 3.20. The second-order valence-electron chi connectivity index (χ2n) is 3.61. The van der Waals surface area contributed by atoms with Crippen LogP contribution in [0.25, 0.3) is 0 Å². The van der Waals surface area contributed by atoms with Crippen LogP contribution >= 0.6 is 23.2 Å². The minimum atomic E-state index is 0.0148. The van der Waals surface area contributed by atoms with Crippen LogP contribution < -0.4 is 11.1 Å². The normalized spacial score (nSPS) is 19.1. The Balaban J connectivity index is 2.22. The Morgan fingerprint density at radius 3 is 2.57 bits per heavy atom. The van der Waals surface area contributed by atoms with Crippen molar-refractivity contribution >= 4 is 23.2 Å². The highest BCUT2D eigenvalue weighted by molar-refractivity contribution is 6.35. The first-order chi connectivity index (χ1) is 6.68. The molecule has 4 heteroatoms. The summed E-state index contributed by atoms with van der Waals surface area (Å²) in [5.74, 6) is 0.494. The van der Waals surface area contributed by atoms with Gasteiger partial charge in [-0.2, -0.15) is 0 Å². The molecule has 1 unspecified atom stereocenters. The van der Waals surface area contributed by atoms with Crippen molar-refractivity contribution in [3.8, 4) is 0 Å². The Kier molecular flexibility index (Phi) is 2.98. The quantitative estimate of drug-likeness (QED) is 0.818. The van der Waals surface area contributed by atoms with E-state index in [4.69, 9.17) is 28.9 Å². The molecule has 0 aliphatic carbocycles. The van der Waals surface area contributed by atoms with Gasteiger partial charge in [-0.05, 0) is 17.7 Å². The van der Waals surface area contributed by atoms with E-state index in [0.29, 0.717) is 16.0 Å². The monoisotopic (exact) mass is 230 g/mol. The van der Waals surface area contributed by atoms with Crippen LogP contribution in [-0.4, -0.2) is 13.1 Å². The van der Waals surface area contributed by atoms with Crippen LogP contribution in [0.4, 0.5) is 0 Å². The molecule has 0 aromatic heterocycles. The maximum atomic E-state index is 6.08. The molecule has 1 aromatic rings. The van der Waals surface area contributed by atoms with Gasteiger partial charge < -0.3 is 11.1 Å². The van der Waals surface area contributed by atoms with Gasteiger partial charge in [0.05, 0.1) is 0 Å². The van der Waals surface area contributed by atoms with Crippen LogP contribution in [0.2, 0.25) is 10.0 Å². The molecule has 2 nitrogen and oxygen atoms in total. The lowest BCUT2D eigenvalue weighted by Gasteiger charge is -2.33. The fourth-order valence-electron chi connectivity index (χ4n) is 1.59. The highest BCUT2D eigenvalue weighted by Crippen LogP contribution is 2.30. The molecule has 1 aromatic carbocycles. The van der Waals surface area contributed by atoms with Crippen molar-refractivity contribution < 1.29 is 0 Å². The molecule has 1 aliphatic rings. The average molecular weight is 231 g/mol. The van der Waals surface area contributed by atoms with Crippen molar-refractivity contribution in [3.63, 3.8) is 0 Å². The Labute approximate surface area is 93.4 Å². The highest BCUT2D eigenvalue weighted by Gasteiger charge is 2.26. The fourth-order valence-corrected chi connectivity index (χ4v) is 2.13. The van der Waals surface area contributed by atoms with Gasteiger partial charge in [-0.3, -0.25) is 0 Å². The van der Waals surface area contributed by atoms with Crippen molar-refractivity contribution in [1.82, 2.24) is 5.32 Å². The molecule has 1 atom stereocenters. The van der Waals surface area contributed by atoms with E-state index in [0.717, 1.165) is 18.7 Å².